The van der Waals surface area contributed by atoms with Crippen molar-refractivity contribution in [2.24, 2.45) is 4.99 Å². The third-order valence-corrected chi connectivity index (χ3v) is 6.79. The molecule has 2 aliphatic heterocycles. The van der Waals surface area contributed by atoms with Crippen molar-refractivity contribution < 1.29 is 4.74 Å². The molecular weight excluding hydrogens is 344 g/mol. The van der Waals surface area contributed by atoms with Crippen LogP contribution in [-0.2, 0) is 4.74 Å². The molecule has 2 fully saturated rings. The smallest absolute Gasteiger partial charge is 0.193 e. The number of benzene rings is 1. The van der Waals surface area contributed by atoms with Crippen molar-refractivity contribution in [2.75, 3.05) is 63.6 Å². The van der Waals surface area contributed by atoms with Gasteiger partial charge in [0.2, 0.25) is 0 Å². The Morgan fingerprint density at radius 3 is 2.46 bits per heavy atom. The summed E-state index contributed by atoms with van der Waals surface area (Å²) in [7, 11) is 1.90. The molecule has 2 heterocycles. The Labute approximate surface area is 162 Å². The van der Waals surface area contributed by atoms with Crippen LogP contribution in [0.15, 0.2) is 35.3 Å². The van der Waals surface area contributed by atoms with E-state index in [1.54, 1.807) is 0 Å². The highest BCUT2D eigenvalue weighted by molar-refractivity contribution is 8.00. The van der Waals surface area contributed by atoms with Gasteiger partial charge >= 0.3 is 0 Å². The van der Waals surface area contributed by atoms with Crippen molar-refractivity contribution in [2.45, 2.75) is 24.5 Å². The Morgan fingerprint density at radius 2 is 1.85 bits per heavy atom. The van der Waals surface area contributed by atoms with Crippen LogP contribution in [0.4, 0.5) is 5.69 Å². The van der Waals surface area contributed by atoms with E-state index >= 15 is 0 Å². The topological polar surface area (TPSA) is 40.1 Å². The highest BCUT2D eigenvalue weighted by atomic mass is 32.2. The Hall–Kier alpha value is -1.40. The van der Waals surface area contributed by atoms with Crippen LogP contribution in [0, 0.1) is 0 Å². The summed E-state index contributed by atoms with van der Waals surface area (Å²) in [5.74, 6) is 2.19. The third kappa shape index (κ3) is 4.86. The molecule has 1 aromatic rings. The standard InChI is InChI=1S/C20H32N4OS/c1-3-26-20(9-15-25-16-10-20)17-22-19(21-2)24-13-11-23(12-14-24)18-7-5-4-6-8-18/h4-8H,3,9-17H2,1-2H3,(H,21,22). The van der Waals surface area contributed by atoms with E-state index < -0.39 is 0 Å². The van der Waals surface area contributed by atoms with Crippen LogP contribution >= 0.6 is 11.8 Å². The normalized spacial score (nSPS) is 20.9. The first-order valence-electron chi connectivity index (χ1n) is 9.74. The van der Waals surface area contributed by atoms with Gasteiger partial charge < -0.3 is 19.9 Å². The minimum absolute atomic E-state index is 0.287. The van der Waals surface area contributed by atoms with E-state index in [1.807, 2.05) is 7.05 Å². The zero-order valence-corrected chi connectivity index (χ0v) is 16.9. The zero-order chi connectivity index (χ0) is 18.2. The number of hydrogen-bond acceptors (Lipinski definition) is 4. The van der Waals surface area contributed by atoms with Crippen LogP contribution in [0.1, 0.15) is 19.8 Å². The summed E-state index contributed by atoms with van der Waals surface area (Å²) in [6.45, 7) is 9.06. The van der Waals surface area contributed by atoms with Gasteiger partial charge in [0.25, 0.3) is 0 Å². The molecule has 0 amide bonds. The highest BCUT2D eigenvalue weighted by Gasteiger charge is 2.33. The van der Waals surface area contributed by atoms with Gasteiger partial charge in [0, 0.05) is 63.4 Å². The van der Waals surface area contributed by atoms with Crippen LogP contribution in [-0.4, -0.2) is 74.3 Å². The minimum atomic E-state index is 0.287. The summed E-state index contributed by atoms with van der Waals surface area (Å²) in [6.07, 6.45) is 2.24. The van der Waals surface area contributed by atoms with E-state index in [-0.39, 0.29) is 4.75 Å². The summed E-state index contributed by atoms with van der Waals surface area (Å²) in [6, 6.07) is 10.7. The molecule has 3 rings (SSSR count). The van der Waals surface area contributed by atoms with Crippen LogP contribution in [0.25, 0.3) is 0 Å². The lowest BCUT2D eigenvalue weighted by molar-refractivity contribution is 0.0780. The summed E-state index contributed by atoms with van der Waals surface area (Å²) in [5.41, 5.74) is 1.32. The molecule has 144 valence electrons. The van der Waals surface area contributed by atoms with Crippen molar-refractivity contribution in [1.82, 2.24) is 10.2 Å². The first-order valence-corrected chi connectivity index (χ1v) is 10.7. The number of nitrogens with one attached hydrogen (secondary N) is 1. The maximum absolute atomic E-state index is 5.59. The SMILES string of the molecule is CCSC1(CNC(=NC)N2CCN(c3ccccc3)CC2)CCOCC1. The van der Waals surface area contributed by atoms with E-state index in [1.165, 1.54) is 5.69 Å². The number of guanidine groups is 1. The Bertz CT molecular complexity index is 561. The average molecular weight is 377 g/mol. The Balaban J connectivity index is 1.53. The zero-order valence-electron chi connectivity index (χ0n) is 16.1. The molecule has 0 spiro atoms. The van der Waals surface area contributed by atoms with E-state index in [2.05, 4.69) is 69.1 Å². The molecule has 0 bridgehead atoms. The molecule has 0 aliphatic carbocycles. The van der Waals surface area contributed by atoms with Crippen LogP contribution in [0.5, 0.6) is 0 Å². The molecule has 1 N–H and O–H groups in total. The maximum Gasteiger partial charge on any atom is 0.193 e. The molecule has 6 heteroatoms. The molecule has 26 heavy (non-hydrogen) atoms. The van der Waals surface area contributed by atoms with Crippen molar-refractivity contribution >= 4 is 23.4 Å². The quantitative estimate of drug-likeness (QED) is 0.632. The van der Waals surface area contributed by atoms with Gasteiger partial charge in [-0.1, -0.05) is 25.1 Å². The van der Waals surface area contributed by atoms with Crippen LogP contribution in [0.2, 0.25) is 0 Å². The molecule has 2 aliphatic rings. The van der Waals surface area contributed by atoms with Gasteiger partial charge in [0.15, 0.2) is 5.96 Å². The second-order valence-electron chi connectivity index (χ2n) is 6.94. The van der Waals surface area contributed by atoms with Gasteiger partial charge in [-0.05, 0) is 30.7 Å². The lowest BCUT2D eigenvalue weighted by Gasteiger charge is -2.40. The fraction of sp³-hybridized carbons (Fsp3) is 0.650. The van der Waals surface area contributed by atoms with E-state index in [9.17, 15) is 0 Å². The number of piperazine rings is 1. The van der Waals surface area contributed by atoms with Crippen molar-refractivity contribution in [3.63, 3.8) is 0 Å². The number of para-hydroxylation sites is 1. The predicted molar refractivity (Wildman–Crippen MR) is 113 cm³/mol. The van der Waals surface area contributed by atoms with Gasteiger partial charge in [-0.3, -0.25) is 4.99 Å². The molecule has 2 saturated heterocycles. The maximum atomic E-state index is 5.59. The molecule has 0 saturated carbocycles. The number of ether oxygens (including phenoxy) is 1. The Kier molecular flexibility index (Phi) is 7.08. The lowest BCUT2D eigenvalue weighted by Crippen LogP contribution is -2.55. The fourth-order valence-electron chi connectivity index (χ4n) is 3.81. The van der Waals surface area contributed by atoms with E-state index in [0.29, 0.717) is 0 Å². The average Bonchev–Trinajstić information content (AvgIpc) is 2.71. The van der Waals surface area contributed by atoms with Crippen LogP contribution in [0.3, 0.4) is 0 Å². The fourth-order valence-corrected chi connectivity index (χ4v) is 5.05. The van der Waals surface area contributed by atoms with Crippen molar-refractivity contribution in [3.05, 3.63) is 30.3 Å². The van der Waals surface area contributed by atoms with Gasteiger partial charge in [0.1, 0.15) is 0 Å². The minimum Gasteiger partial charge on any atom is -0.381 e. The van der Waals surface area contributed by atoms with Gasteiger partial charge in [-0.25, -0.2) is 0 Å². The van der Waals surface area contributed by atoms with Crippen molar-refractivity contribution in [3.8, 4) is 0 Å². The number of anilines is 1. The molecule has 0 unspecified atom stereocenters. The number of thioether (sulfide) groups is 1. The predicted octanol–water partition coefficient (Wildman–Crippen LogP) is 2.69. The lowest BCUT2D eigenvalue weighted by atomic mass is 9.99. The molecular formula is C20H32N4OS. The third-order valence-electron chi connectivity index (χ3n) is 5.34. The van der Waals surface area contributed by atoms with Crippen molar-refractivity contribution in [1.29, 1.82) is 0 Å². The van der Waals surface area contributed by atoms with Gasteiger partial charge in [0.05, 0.1) is 0 Å². The molecule has 1 aromatic carbocycles. The number of aliphatic imine (C=N–C) groups is 1. The first kappa shape index (κ1) is 19.4. The summed E-state index contributed by atoms with van der Waals surface area (Å²) >= 11 is 2.07. The van der Waals surface area contributed by atoms with E-state index in [0.717, 1.165) is 70.5 Å². The van der Waals surface area contributed by atoms with Crippen LogP contribution < -0.4 is 10.2 Å². The van der Waals surface area contributed by atoms with E-state index in [4.69, 9.17) is 4.74 Å². The molecule has 0 aromatic heterocycles. The molecule has 0 radical (unpaired) electrons. The van der Waals surface area contributed by atoms with Gasteiger partial charge in [-0.2, -0.15) is 11.8 Å². The first-order chi connectivity index (χ1) is 12.8. The second kappa shape index (κ2) is 9.51. The molecule has 5 nitrogen and oxygen atoms in total. The largest absolute Gasteiger partial charge is 0.381 e. The second-order valence-corrected chi connectivity index (χ2v) is 8.67. The Morgan fingerprint density at radius 1 is 1.15 bits per heavy atom. The number of hydrogen-bond donors (Lipinski definition) is 1. The monoisotopic (exact) mass is 376 g/mol. The molecule has 0 atom stereocenters. The van der Waals surface area contributed by atoms with Gasteiger partial charge in [-0.15, -0.1) is 0 Å². The number of nitrogens with zero attached hydrogens (tertiary/aromatic N) is 3. The summed E-state index contributed by atoms with van der Waals surface area (Å²) < 4.78 is 5.87. The summed E-state index contributed by atoms with van der Waals surface area (Å²) in [4.78, 5) is 9.40. The highest BCUT2D eigenvalue weighted by Crippen LogP contribution is 2.34. The summed E-state index contributed by atoms with van der Waals surface area (Å²) in [5, 5.41) is 3.67. The number of rotatable bonds is 5.